The lowest BCUT2D eigenvalue weighted by atomic mass is 9.79. The molecule has 3 aliphatic rings. The van der Waals surface area contributed by atoms with Crippen LogP contribution in [0.1, 0.15) is 74.1 Å². The molecule has 6 nitrogen and oxygen atoms in total. The number of benzene rings is 1. The highest BCUT2D eigenvalue weighted by molar-refractivity contribution is 5.74. The summed E-state index contributed by atoms with van der Waals surface area (Å²) in [5.74, 6) is 1.93. The Hall–Kier alpha value is -2.47. The zero-order chi connectivity index (χ0) is 22.1. The van der Waals surface area contributed by atoms with Gasteiger partial charge in [0.25, 0.3) is 0 Å². The number of rotatable bonds is 5. The summed E-state index contributed by atoms with van der Waals surface area (Å²) in [5, 5.41) is 3.80. The minimum atomic E-state index is 0.000136. The molecular weight excluding hydrogens is 398 g/mol. The van der Waals surface area contributed by atoms with Crippen molar-refractivity contribution >= 4 is 11.7 Å². The van der Waals surface area contributed by atoms with Crippen LogP contribution in [0.25, 0.3) is 0 Å². The summed E-state index contributed by atoms with van der Waals surface area (Å²) in [6.07, 6.45) is 7.93. The fraction of sp³-hybridized carbons (Fsp3) is 0.577. The molecule has 0 radical (unpaired) electrons. The third-order valence-electron chi connectivity index (χ3n) is 7.77. The van der Waals surface area contributed by atoms with Gasteiger partial charge in [0.15, 0.2) is 5.82 Å². The Morgan fingerprint density at radius 2 is 1.91 bits per heavy atom. The van der Waals surface area contributed by atoms with E-state index in [4.69, 9.17) is 9.97 Å². The standard InChI is InChI=1S/C26H35N5O/c1-19(32)31-15-8-11-23(31)25-28-22-17-30(2)16-12-21(22)24(29-25)27-18-26(13-6-7-14-26)20-9-4-3-5-10-20/h3-5,9-10,23H,6-8,11-18H2,1-2H3,(H,27,28,29). The summed E-state index contributed by atoms with van der Waals surface area (Å²) >= 11 is 0. The molecule has 2 aliphatic heterocycles. The van der Waals surface area contributed by atoms with Crippen molar-refractivity contribution in [2.75, 3.05) is 32.0 Å². The fourth-order valence-electron chi connectivity index (χ4n) is 5.95. The number of nitrogens with one attached hydrogen (secondary N) is 1. The molecule has 1 N–H and O–H groups in total. The lowest BCUT2D eigenvalue weighted by Gasteiger charge is -2.32. The quantitative estimate of drug-likeness (QED) is 0.770. The molecule has 1 amide bonds. The smallest absolute Gasteiger partial charge is 0.220 e. The van der Waals surface area contributed by atoms with Gasteiger partial charge in [-0.15, -0.1) is 0 Å². The summed E-state index contributed by atoms with van der Waals surface area (Å²) in [6.45, 7) is 5.23. The van der Waals surface area contributed by atoms with E-state index in [1.54, 1.807) is 6.92 Å². The third-order valence-corrected chi connectivity index (χ3v) is 7.77. The first kappa shape index (κ1) is 21.4. The zero-order valence-electron chi connectivity index (χ0n) is 19.4. The summed E-state index contributed by atoms with van der Waals surface area (Å²) in [4.78, 5) is 26.6. The number of likely N-dealkylation sites (N-methyl/N-ethyl adjacent to an activating group) is 1. The van der Waals surface area contributed by atoms with Crippen LogP contribution in [-0.2, 0) is 23.2 Å². The second-order valence-corrected chi connectivity index (χ2v) is 9.92. The number of nitrogens with zero attached hydrogens (tertiary/aromatic N) is 4. The number of carbonyl (C=O) groups is 1. The van der Waals surface area contributed by atoms with Gasteiger partial charge in [-0.2, -0.15) is 0 Å². The van der Waals surface area contributed by atoms with Gasteiger partial charge in [-0.05, 0) is 44.7 Å². The van der Waals surface area contributed by atoms with E-state index >= 15 is 0 Å². The van der Waals surface area contributed by atoms with Crippen LogP contribution in [0.2, 0.25) is 0 Å². The Morgan fingerprint density at radius 3 is 2.66 bits per heavy atom. The molecule has 1 unspecified atom stereocenters. The molecule has 3 heterocycles. The maximum atomic E-state index is 12.2. The highest BCUT2D eigenvalue weighted by Crippen LogP contribution is 2.41. The van der Waals surface area contributed by atoms with Crippen molar-refractivity contribution in [3.63, 3.8) is 0 Å². The molecule has 0 spiro atoms. The van der Waals surface area contributed by atoms with Gasteiger partial charge in [0.1, 0.15) is 5.82 Å². The number of anilines is 1. The van der Waals surface area contributed by atoms with Crippen LogP contribution < -0.4 is 5.32 Å². The average molecular weight is 434 g/mol. The van der Waals surface area contributed by atoms with E-state index in [0.29, 0.717) is 0 Å². The van der Waals surface area contributed by atoms with Crippen molar-refractivity contribution in [1.82, 2.24) is 19.8 Å². The Kier molecular flexibility index (Phi) is 5.89. The predicted octanol–water partition coefficient (Wildman–Crippen LogP) is 4.07. The molecule has 6 heteroatoms. The molecule has 170 valence electrons. The number of fused-ring (bicyclic) bond motifs is 1. The van der Waals surface area contributed by atoms with Crippen molar-refractivity contribution in [2.45, 2.75) is 69.9 Å². The van der Waals surface area contributed by atoms with Gasteiger partial charge in [0, 0.05) is 44.1 Å². The van der Waals surface area contributed by atoms with E-state index in [0.717, 1.165) is 62.8 Å². The minimum Gasteiger partial charge on any atom is -0.369 e. The SMILES string of the molecule is CC(=O)N1CCCC1c1nc2c(c(NCC3(c4ccccc4)CCCC3)n1)CCN(C)C2. The molecule has 1 aromatic carbocycles. The molecule has 1 saturated carbocycles. The van der Waals surface area contributed by atoms with E-state index in [9.17, 15) is 4.79 Å². The van der Waals surface area contributed by atoms with Gasteiger partial charge in [-0.25, -0.2) is 9.97 Å². The maximum absolute atomic E-state index is 12.2. The first-order chi connectivity index (χ1) is 15.6. The summed E-state index contributed by atoms with van der Waals surface area (Å²) in [7, 11) is 2.15. The van der Waals surface area contributed by atoms with Crippen molar-refractivity contribution < 1.29 is 4.79 Å². The maximum Gasteiger partial charge on any atom is 0.220 e. The molecular formula is C26H35N5O. The fourth-order valence-corrected chi connectivity index (χ4v) is 5.95. The largest absolute Gasteiger partial charge is 0.369 e. The summed E-state index contributed by atoms with van der Waals surface area (Å²) in [6, 6.07) is 11.0. The molecule has 1 aromatic heterocycles. The summed E-state index contributed by atoms with van der Waals surface area (Å²) in [5.41, 5.74) is 4.00. The number of likely N-dealkylation sites (tertiary alicyclic amines) is 1. The lowest BCUT2D eigenvalue weighted by molar-refractivity contribution is -0.129. The van der Waals surface area contributed by atoms with Crippen LogP contribution in [0.5, 0.6) is 0 Å². The van der Waals surface area contributed by atoms with Crippen molar-refractivity contribution in [3.05, 3.63) is 53.0 Å². The van der Waals surface area contributed by atoms with Gasteiger partial charge in [-0.3, -0.25) is 4.79 Å². The van der Waals surface area contributed by atoms with E-state index in [2.05, 4.69) is 47.6 Å². The van der Waals surface area contributed by atoms with Gasteiger partial charge < -0.3 is 15.1 Å². The Bertz CT molecular complexity index is 970. The molecule has 1 atom stereocenters. The highest BCUT2D eigenvalue weighted by atomic mass is 16.2. The number of amides is 1. The number of hydrogen-bond acceptors (Lipinski definition) is 5. The van der Waals surface area contributed by atoms with Gasteiger partial charge >= 0.3 is 0 Å². The first-order valence-corrected chi connectivity index (χ1v) is 12.2. The van der Waals surface area contributed by atoms with E-state index in [-0.39, 0.29) is 17.4 Å². The zero-order valence-corrected chi connectivity index (χ0v) is 19.4. The Labute approximate surface area is 191 Å². The van der Waals surface area contributed by atoms with Crippen molar-refractivity contribution in [3.8, 4) is 0 Å². The molecule has 0 bridgehead atoms. The molecule has 1 saturated heterocycles. The highest BCUT2D eigenvalue weighted by Gasteiger charge is 2.36. The van der Waals surface area contributed by atoms with Gasteiger partial charge in [-0.1, -0.05) is 43.2 Å². The molecule has 1 aliphatic carbocycles. The van der Waals surface area contributed by atoms with Crippen LogP contribution in [0.3, 0.4) is 0 Å². The van der Waals surface area contributed by atoms with Crippen LogP contribution in [-0.4, -0.2) is 52.4 Å². The van der Waals surface area contributed by atoms with Crippen molar-refractivity contribution in [2.24, 2.45) is 0 Å². The summed E-state index contributed by atoms with van der Waals surface area (Å²) < 4.78 is 0. The minimum absolute atomic E-state index is 0.000136. The van der Waals surface area contributed by atoms with Crippen LogP contribution >= 0.6 is 0 Å². The Morgan fingerprint density at radius 1 is 1.12 bits per heavy atom. The van der Waals surface area contributed by atoms with E-state index in [1.807, 2.05) is 4.90 Å². The molecule has 2 fully saturated rings. The van der Waals surface area contributed by atoms with Crippen molar-refractivity contribution in [1.29, 1.82) is 0 Å². The second-order valence-electron chi connectivity index (χ2n) is 9.92. The topological polar surface area (TPSA) is 61.4 Å². The monoisotopic (exact) mass is 433 g/mol. The lowest BCUT2D eigenvalue weighted by Crippen LogP contribution is -2.35. The molecule has 2 aromatic rings. The van der Waals surface area contributed by atoms with Crippen LogP contribution in [0.15, 0.2) is 30.3 Å². The second kappa shape index (κ2) is 8.81. The van der Waals surface area contributed by atoms with Gasteiger partial charge in [0.2, 0.25) is 5.91 Å². The van der Waals surface area contributed by atoms with E-state index in [1.165, 1.54) is 36.8 Å². The number of hydrogen-bond donors (Lipinski definition) is 1. The third kappa shape index (κ3) is 4.01. The van der Waals surface area contributed by atoms with Crippen LogP contribution in [0, 0.1) is 0 Å². The number of carbonyl (C=O) groups excluding carboxylic acids is 1. The van der Waals surface area contributed by atoms with Gasteiger partial charge in [0.05, 0.1) is 11.7 Å². The molecule has 32 heavy (non-hydrogen) atoms. The first-order valence-electron chi connectivity index (χ1n) is 12.2. The predicted molar refractivity (Wildman–Crippen MR) is 127 cm³/mol. The normalized spacial score (nSPS) is 22.7. The van der Waals surface area contributed by atoms with E-state index < -0.39 is 0 Å². The average Bonchev–Trinajstić information content (AvgIpc) is 3.48. The number of aromatic nitrogens is 2. The Balaban J connectivity index is 1.47. The van der Waals surface area contributed by atoms with Crippen LogP contribution in [0.4, 0.5) is 5.82 Å². The molecule has 5 rings (SSSR count).